The topological polar surface area (TPSA) is 27.7 Å². The fourth-order valence-corrected chi connectivity index (χ4v) is 2.89. The van der Waals surface area contributed by atoms with Crippen molar-refractivity contribution >= 4 is 15.9 Å². The third kappa shape index (κ3) is 3.18. The molecular formula is C14H19BrO3. The van der Waals surface area contributed by atoms with Crippen molar-refractivity contribution in [2.45, 2.75) is 37.3 Å². The molecule has 0 amide bonds. The molecule has 18 heavy (non-hydrogen) atoms. The van der Waals surface area contributed by atoms with Crippen molar-refractivity contribution < 1.29 is 14.2 Å². The lowest BCUT2D eigenvalue weighted by atomic mass is 9.91. The van der Waals surface area contributed by atoms with E-state index in [0.29, 0.717) is 18.0 Å². The van der Waals surface area contributed by atoms with E-state index in [2.05, 4.69) is 15.9 Å². The van der Waals surface area contributed by atoms with Crippen LogP contribution in [0.1, 0.15) is 20.3 Å². The molecule has 0 spiro atoms. The molecule has 0 N–H and O–H groups in total. The first-order valence-electron chi connectivity index (χ1n) is 6.39. The Hall–Kier alpha value is -0.740. The maximum atomic E-state index is 5.94. The fourth-order valence-electron chi connectivity index (χ4n) is 2.03. The first kappa shape index (κ1) is 13.7. The van der Waals surface area contributed by atoms with Gasteiger partial charge in [-0.3, -0.25) is 0 Å². The van der Waals surface area contributed by atoms with Crippen LogP contribution in [0.5, 0.6) is 11.5 Å². The molecule has 1 saturated carbocycles. The lowest BCUT2D eigenvalue weighted by molar-refractivity contribution is -0.0723. The molecule has 1 aromatic rings. The Morgan fingerprint density at radius 1 is 1.22 bits per heavy atom. The molecule has 0 saturated heterocycles. The number of ether oxygens (including phenoxy) is 3. The Bertz CT molecular complexity index is 383. The van der Waals surface area contributed by atoms with Gasteiger partial charge in [0.05, 0.1) is 6.61 Å². The molecule has 0 aliphatic heterocycles. The van der Waals surface area contributed by atoms with Gasteiger partial charge in [-0.2, -0.15) is 0 Å². The summed E-state index contributed by atoms with van der Waals surface area (Å²) >= 11 is 3.59. The highest BCUT2D eigenvalue weighted by atomic mass is 79.9. The minimum atomic E-state index is 0.131. The zero-order valence-corrected chi connectivity index (χ0v) is 12.4. The molecule has 3 atom stereocenters. The van der Waals surface area contributed by atoms with Gasteiger partial charge in [0, 0.05) is 23.9 Å². The largest absolute Gasteiger partial charge is 0.494 e. The first-order chi connectivity index (χ1) is 8.74. The SMILES string of the molecule is CCOc1cccc(OC2CC(Br)C2OCC)c1. The second kappa shape index (κ2) is 6.43. The summed E-state index contributed by atoms with van der Waals surface area (Å²) in [5, 5.41) is 0. The highest BCUT2D eigenvalue weighted by molar-refractivity contribution is 9.09. The van der Waals surface area contributed by atoms with Crippen LogP contribution in [-0.2, 0) is 4.74 Å². The van der Waals surface area contributed by atoms with Crippen molar-refractivity contribution in [2.75, 3.05) is 13.2 Å². The number of benzene rings is 1. The van der Waals surface area contributed by atoms with Crippen molar-refractivity contribution in [3.8, 4) is 11.5 Å². The molecule has 2 rings (SSSR count). The smallest absolute Gasteiger partial charge is 0.127 e. The third-order valence-electron chi connectivity index (χ3n) is 2.94. The molecular weight excluding hydrogens is 296 g/mol. The Morgan fingerprint density at radius 2 is 2.00 bits per heavy atom. The highest BCUT2D eigenvalue weighted by Gasteiger charge is 2.42. The molecule has 1 aliphatic rings. The quantitative estimate of drug-likeness (QED) is 0.753. The average Bonchev–Trinajstić information content (AvgIpc) is 2.36. The van der Waals surface area contributed by atoms with Gasteiger partial charge in [-0.15, -0.1) is 0 Å². The van der Waals surface area contributed by atoms with Gasteiger partial charge >= 0.3 is 0 Å². The van der Waals surface area contributed by atoms with Crippen LogP contribution in [0.3, 0.4) is 0 Å². The molecule has 0 bridgehead atoms. The Kier molecular flexibility index (Phi) is 4.89. The number of rotatable bonds is 6. The van der Waals surface area contributed by atoms with Gasteiger partial charge in [0.1, 0.15) is 23.7 Å². The van der Waals surface area contributed by atoms with E-state index < -0.39 is 0 Å². The van der Waals surface area contributed by atoms with E-state index in [-0.39, 0.29) is 12.2 Å². The van der Waals surface area contributed by atoms with Crippen molar-refractivity contribution in [2.24, 2.45) is 0 Å². The van der Waals surface area contributed by atoms with Gasteiger partial charge in [0.2, 0.25) is 0 Å². The van der Waals surface area contributed by atoms with E-state index in [9.17, 15) is 0 Å². The number of hydrogen-bond donors (Lipinski definition) is 0. The summed E-state index contributed by atoms with van der Waals surface area (Å²) in [5.74, 6) is 1.69. The van der Waals surface area contributed by atoms with Crippen LogP contribution in [0.15, 0.2) is 24.3 Å². The molecule has 0 radical (unpaired) electrons. The van der Waals surface area contributed by atoms with E-state index in [0.717, 1.165) is 17.9 Å². The van der Waals surface area contributed by atoms with Crippen LogP contribution < -0.4 is 9.47 Å². The normalized spacial score (nSPS) is 26.5. The maximum Gasteiger partial charge on any atom is 0.127 e. The van der Waals surface area contributed by atoms with Crippen molar-refractivity contribution in [3.63, 3.8) is 0 Å². The molecule has 0 aromatic heterocycles. The summed E-state index contributed by atoms with van der Waals surface area (Å²) < 4.78 is 17.0. The van der Waals surface area contributed by atoms with Crippen LogP contribution in [0.25, 0.3) is 0 Å². The Balaban J connectivity index is 1.95. The maximum absolute atomic E-state index is 5.94. The van der Waals surface area contributed by atoms with E-state index in [1.807, 2.05) is 38.1 Å². The van der Waals surface area contributed by atoms with E-state index in [1.54, 1.807) is 0 Å². The zero-order valence-electron chi connectivity index (χ0n) is 10.8. The molecule has 3 nitrogen and oxygen atoms in total. The predicted octanol–water partition coefficient (Wildman–Crippen LogP) is 3.41. The number of hydrogen-bond acceptors (Lipinski definition) is 3. The minimum Gasteiger partial charge on any atom is -0.494 e. The Labute approximate surface area is 117 Å². The van der Waals surface area contributed by atoms with Gasteiger partial charge in [0.25, 0.3) is 0 Å². The molecule has 4 heteroatoms. The van der Waals surface area contributed by atoms with Gasteiger partial charge in [-0.1, -0.05) is 22.0 Å². The third-order valence-corrected chi connectivity index (χ3v) is 3.84. The summed E-state index contributed by atoms with van der Waals surface area (Å²) in [6.45, 7) is 5.36. The monoisotopic (exact) mass is 314 g/mol. The molecule has 1 aliphatic carbocycles. The second-order valence-corrected chi connectivity index (χ2v) is 5.41. The molecule has 3 unspecified atom stereocenters. The van der Waals surface area contributed by atoms with Crippen LogP contribution in [-0.4, -0.2) is 30.2 Å². The van der Waals surface area contributed by atoms with Gasteiger partial charge in [-0.05, 0) is 26.0 Å². The summed E-state index contributed by atoms with van der Waals surface area (Å²) in [5.41, 5.74) is 0. The van der Waals surface area contributed by atoms with Crippen LogP contribution in [0, 0.1) is 0 Å². The molecule has 100 valence electrons. The highest BCUT2D eigenvalue weighted by Crippen LogP contribution is 2.34. The van der Waals surface area contributed by atoms with Gasteiger partial charge in [-0.25, -0.2) is 0 Å². The molecule has 0 heterocycles. The minimum absolute atomic E-state index is 0.131. The lowest BCUT2D eigenvalue weighted by Crippen LogP contribution is -2.52. The van der Waals surface area contributed by atoms with Crippen molar-refractivity contribution in [1.29, 1.82) is 0 Å². The lowest BCUT2D eigenvalue weighted by Gasteiger charge is -2.40. The number of halogens is 1. The van der Waals surface area contributed by atoms with E-state index in [4.69, 9.17) is 14.2 Å². The van der Waals surface area contributed by atoms with Gasteiger partial charge < -0.3 is 14.2 Å². The summed E-state index contributed by atoms with van der Waals surface area (Å²) in [6, 6.07) is 7.76. The summed E-state index contributed by atoms with van der Waals surface area (Å²) in [4.78, 5) is 0.400. The molecule has 1 fully saturated rings. The Morgan fingerprint density at radius 3 is 2.67 bits per heavy atom. The predicted molar refractivity (Wildman–Crippen MR) is 74.8 cm³/mol. The van der Waals surface area contributed by atoms with Crippen molar-refractivity contribution in [3.05, 3.63) is 24.3 Å². The standard InChI is InChI=1S/C14H19BrO3/c1-3-16-10-6-5-7-11(8-10)18-13-9-12(15)14(13)17-4-2/h5-8,12-14H,3-4,9H2,1-2H3. The van der Waals surface area contributed by atoms with Gasteiger partial charge in [0.15, 0.2) is 0 Å². The van der Waals surface area contributed by atoms with Crippen LogP contribution in [0.4, 0.5) is 0 Å². The molecule has 1 aromatic carbocycles. The van der Waals surface area contributed by atoms with E-state index >= 15 is 0 Å². The zero-order chi connectivity index (χ0) is 13.0. The average molecular weight is 315 g/mol. The van der Waals surface area contributed by atoms with Crippen molar-refractivity contribution in [1.82, 2.24) is 0 Å². The first-order valence-corrected chi connectivity index (χ1v) is 7.31. The summed E-state index contributed by atoms with van der Waals surface area (Å²) in [7, 11) is 0. The number of alkyl halides is 1. The second-order valence-electron chi connectivity index (χ2n) is 4.24. The summed E-state index contributed by atoms with van der Waals surface area (Å²) in [6.07, 6.45) is 1.25. The van der Waals surface area contributed by atoms with E-state index in [1.165, 1.54) is 0 Å². The van der Waals surface area contributed by atoms with Crippen LogP contribution in [0.2, 0.25) is 0 Å². The fraction of sp³-hybridized carbons (Fsp3) is 0.571. The van der Waals surface area contributed by atoms with Crippen LogP contribution >= 0.6 is 15.9 Å².